The zero-order valence-electron chi connectivity index (χ0n) is 9.67. The lowest BCUT2D eigenvalue weighted by Gasteiger charge is -2.14. The molecule has 17 heavy (non-hydrogen) atoms. The summed E-state index contributed by atoms with van der Waals surface area (Å²) in [7, 11) is 0. The Bertz CT molecular complexity index is 454. The summed E-state index contributed by atoms with van der Waals surface area (Å²) in [5, 5.41) is 0. The molecule has 1 atom stereocenters. The Morgan fingerprint density at radius 1 is 1.24 bits per heavy atom. The molecule has 5 heteroatoms. The number of pyridine rings is 1. The van der Waals surface area contributed by atoms with Crippen molar-refractivity contribution >= 4 is 0 Å². The van der Waals surface area contributed by atoms with Crippen molar-refractivity contribution in [1.29, 1.82) is 0 Å². The van der Waals surface area contributed by atoms with Gasteiger partial charge in [0.05, 0.1) is 6.04 Å². The molecule has 2 aromatic heterocycles. The summed E-state index contributed by atoms with van der Waals surface area (Å²) in [5.41, 5.74) is 4.92. The topological polar surface area (TPSA) is 76.7 Å². The van der Waals surface area contributed by atoms with E-state index in [4.69, 9.17) is 5.84 Å². The Morgan fingerprint density at radius 3 is 2.47 bits per heavy atom. The Morgan fingerprint density at radius 2 is 1.88 bits per heavy atom. The van der Waals surface area contributed by atoms with E-state index in [0.717, 1.165) is 17.5 Å². The highest BCUT2D eigenvalue weighted by molar-refractivity contribution is 5.14. The fourth-order valence-electron chi connectivity index (χ4n) is 1.56. The molecule has 1 unspecified atom stereocenters. The van der Waals surface area contributed by atoms with Crippen LogP contribution in [0.3, 0.4) is 0 Å². The fraction of sp³-hybridized carbons (Fsp3) is 0.250. The average molecular weight is 229 g/mol. The van der Waals surface area contributed by atoms with E-state index >= 15 is 0 Å². The first-order valence-corrected chi connectivity index (χ1v) is 5.43. The van der Waals surface area contributed by atoms with Crippen LogP contribution in [0.1, 0.15) is 23.0 Å². The first kappa shape index (κ1) is 11.6. The number of rotatable bonds is 4. The van der Waals surface area contributed by atoms with Gasteiger partial charge in [-0.15, -0.1) is 0 Å². The maximum absolute atomic E-state index is 5.55. The minimum atomic E-state index is -0.0852. The van der Waals surface area contributed by atoms with Crippen molar-refractivity contribution < 1.29 is 0 Å². The highest BCUT2D eigenvalue weighted by Gasteiger charge is 2.12. The monoisotopic (exact) mass is 229 g/mol. The van der Waals surface area contributed by atoms with Crippen LogP contribution >= 0.6 is 0 Å². The van der Waals surface area contributed by atoms with Crippen LogP contribution in [0.4, 0.5) is 0 Å². The van der Waals surface area contributed by atoms with E-state index in [2.05, 4.69) is 20.4 Å². The summed E-state index contributed by atoms with van der Waals surface area (Å²) in [4.78, 5) is 12.5. The van der Waals surface area contributed by atoms with Gasteiger partial charge in [-0.25, -0.2) is 15.4 Å². The third-order valence-corrected chi connectivity index (χ3v) is 2.50. The van der Waals surface area contributed by atoms with Crippen LogP contribution in [-0.4, -0.2) is 15.0 Å². The second kappa shape index (κ2) is 5.47. The predicted octanol–water partition coefficient (Wildman–Crippen LogP) is 0.927. The Hall–Kier alpha value is -1.85. The first-order chi connectivity index (χ1) is 8.29. The highest BCUT2D eigenvalue weighted by atomic mass is 15.2. The Kier molecular flexibility index (Phi) is 3.74. The number of hydrogen-bond acceptors (Lipinski definition) is 5. The van der Waals surface area contributed by atoms with Crippen molar-refractivity contribution in [2.24, 2.45) is 5.84 Å². The minimum absolute atomic E-state index is 0.0852. The second-order valence-corrected chi connectivity index (χ2v) is 3.90. The van der Waals surface area contributed by atoms with E-state index in [1.165, 1.54) is 0 Å². The van der Waals surface area contributed by atoms with E-state index in [1.54, 1.807) is 24.8 Å². The molecule has 0 bridgehead atoms. The minimum Gasteiger partial charge on any atom is -0.271 e. The molecule has 0 amide bonds. The van der Waals surface area contributed by atoms with Gasteiger partial charge in [-0.2, -0.15) is 0 Å². The van der Waals surface area contributed by atoms with Crippen molar-refractivity contribution in [3.63, 3.8) is 0 Å². The Balaban J connectivity index is 2.14. The number of aromatic nitrogens is 3. The Labute approximate surface area is 100 Å². The molecule has 0 aliphatic carbocycles. The van der Waals surface area contributed by atoms with Gasteiger partial charge in [0, 0.05) is 24.8 Å². The molecule has 0 fully saturated rings. The van der Waals surface area contributed by atoms with Gasteiger partial charge in [-0.1, -0.05) is 0 Å². The van der Waals surface area contributed by atoms with Crippen LogP contribution in [-0.2, 0) is 6.42 Å². The largest absolute Gasteiger partial charge is 0.271 e. The number of hydrazine groups is 1. The maximum atomic E-state index is 5.55. The zero-order valence-corrected chi connectivity index (χ0v) is 9.67. The molecule has 2 rings (SSSR count). The van der Waals surface area contributed by atoms with Gasteiger partial charge in [0.2, 0.25) is 0 Å². The van der Waals surface area contributed by atoms with Crippen LogP contribution in [0.5, 0.6) is 0 Å². The first-order valence-electron chi connectivity index (χ1n) is 5.43. The fourth-order valence-corrected chi connectivity index (χ4v) is 1.56. The molecule has 0 saturated carbocycles. The summed E-state index contributed by atoms with van der Waals surface area (Å²) in [6.45, 7) is 1.96. The van der Waals surface area contributed by atoms with E-state index in [-0.39, 0.29) is 6.04 Å². The van der Waals surface area contributed by atoms with Gasteiger partial charge in [0.25, 0.3) is 0 Å². The summed E-state index contributed by atoms with van der Waals surface area (Å²) >= 11 is 0. The van der Waals surface area contributed by atoms with Crippen molar-refractivity contribution in [1.82, 2.24) is 20.4 Å². The molecular weight excluding hydrogens is 214 g/mol. The maximum Gasteiger partial charge on any atom is 0.146 e. The molecule has 2 aromatic rings. The summed E-state index contributed by atoms with van der Waals surface area (Å²) in [5.74, 6) is 6.25. The van der Waals surface area contributed by atoms with Crippen molar-refractivity contribution in [3.05, 3.63) is 53.9 Å². The highest BCUT2D eigenvalue weighted by Crippen LogP contribution is 2.13. The van der Waals surface area contributed by atoms with E-state index in [0.29, 0.717) is 5.82 Å². The molecule has 0 radical (unpaired) electrons. The van der Waals surface area contributed by atoms with Crippen molar-refractivity contribution in [2.45, 2.75) is 19.4 Å². The number of hydrogen-bond donors (Lipinski definition) is 2. The van der Waals surface area contributed by atoms with Gasteiger partial charge < -0.3 is 0 Å². The SMILES string of the molecule is Cc1cnc(C(Cc2ccncc2)NN)nc1. The number of nitrogens with zero attached hydrogens (tertiary/aromatic N) is 3. The van der Waals surface area contributed by atoms with Crippen LogP contribution in [0.2, 0.25) is 0 Å². The van der Waals surface area contributed by atoms with Gasteiger partial charge in [0.1, 0.15) is 5.82 Å². The van der Waals surface area contributed by atoms with E-state index < -0.39 is 0 Å². The van der Waals surface area contributed by atoms with Gasteiger partial charge >= 0.3 is 0 Å². The molecule has 0 saturated heterocycles. The van der Waals surface area contributed by atoms with Crippen LogP contribution in [0, 0.1) is 6.92 Å². The lowest BCUT2D eigenvalue weighted by molar-refractivity contribution is 0.522. The smallest absolute Gasteiger partial charge is 0.146 e. The molecule has 2 heterocycles. The zero-order chi connectivity index (χ0) is 12.1. The van der Waals surface area contributed by atoms with Gasteiger partial charge in [0.15, 0.2) is 0 Å². The summed E-state index contributed by atoms with van der Waals surface area (Å²) in [6, 6.07) is 3.83. The number of aryl methyl sites for hydroxylation is 1. The second-order valence-electron chi connectivity index (χ2n) is 3.90. The van der Waals surface area contributed by atoms with Crippen molar-refractivity contribution in [2.75, 3.05) is 0 Å². The molecule has 0 aliphatic rings. The molecule has 3 N–H and O–H groups in total. The molecule has 0 spiro atoms. The lowest BCUT2D eigenvalue weighted by Crippen LogP contribution is -2.31. The number of nitrogens with two attached hydrogens (primary N) is 1. The van der Waals surface area contributed by atoms with Crippen LogP contribution < -0.4 is 11.3 Å². The standard InChI is InChI=1S/C12H15N5/c1-9-7-15-12(16-8-9)11(17-13)6-10-2-4-14-5-3-10/h2-5,7-8,11,17H,6,13H2,1H3. The average Bonchev–Trinajstić information content (AvgIpc) is 2.38. The quantitative estimate of drug-likeness (QED) is 0.602. The molecule has 88 valence electrons. The number of nitrogens with one attached hydrogen (secondary N) is 1. The van der Waals surface area contributed by atoms with E-state index in [9.17, 15) is 0 Å². The van der Waals surface area contributed by atoms with Gasteiger partial charge in [-0.05, 0) is 36.6 Å². The summed E-state index contributed by atoms with van der Waals surface area (Å²) < 4.78 is 0. The molecule has 0 aliphatic heterocycles. The molecular formula is C12H15N5. The van der Waals surface area contributed by atoms with Crippen LogP contribution in [0.25, 0.3) is 0 Å². The van der Waals surface area contributed by atoms with Crippen LogP contribution in [0.15, 0.2) is 36.9 Å². The third kappa shape index (κ3) is 3.05. The lowest BCUT2D eigenvalue weighted by atomic mass is 10.1. The predicted molar refractivity (Wildman–Crippen MR) is 64.8 cm³/mol. The normalized spacial score (nSPS) is 12.4. The third-order valence-electron chi connectivity index (χ3n) is 2.50. The van der Waals surface area contributed by atoms with Gasteiger partial charge in [-0.3, -0.25) is 10.8 Å². The summed E-state index contributed by atoms with van der Waals surface area (Å²) in [6.07, 6.45) is 7.85. The molecule has 0 aromatic carbocycles. The van der Waals surface area contributed by atoms with E-state index in [1.807, 2.05) is 19.1 Å². The van der Waals surface area contributed by atoms with Crippen molar-refractivity contribution in [3.8, 4) is 0 Å². The molecule has 5 nitrogen and oxygen atoms in total.